The van der Waals surface area contributed by atoms with Crippen LogP contribution in [0.3, 0.4) is 0 Å². The number of amides is 2. The first-order chi connectivity index (χ1) is 17.2. The summed E-state index contributed by atoms with van der Waals surface area (Å²) in [6.45, 7) is 5.17. The normalized spacial score (nSPS) is 15.5. The van der Waals surface area contributed by atoms with Gasteiger partial charge in [-0.3, -0.25) is 4.79 Å². The number of nitrogens with zero attached hydrogens (tertiary/aromatic N) is 1. The zero-order valence-electron chi connectivity index (χ0n) is 20.4. The van der Waals surface area contributed by atoms with Gasteiger partial charge in [-0.2, -0.15) is 0 Å². The van der Waals surface area contributed by atoms with Crippen LogP contribution in [-0.2, 0) is 17.6 Å². The van der Waals surface area contributed by atoms with Crippen molar-refractivity contribution in [1.82, 2.24) is 4.90 Å². The first kappa shape index (κ1) is 28.2. The molecule has 3 N–H and O–H groups in total. The summed E-state index contributed by atoms with van der Waals surface area (Å²) in [6.07, 6.45) is -3.24. The van der Waals surface area contributed by atoms with E-state index in [9.17, 15) is 37.8 Å². The van der Waals surface area contributed by atoms with Gasteiger partial charge in [0.2, 0.25) is 0 Å². The molecule has 2 amide bonds. The van der Waals surface area contributed by atoms with E-state index in [0.717, 1.165) is 35.0 Å². The number of aliphatic carboxylic acids is 1. The van der Waals surface area contributed by atoms with E-state index in [2.05, 4.69) is 10.1 Å². The van der Waals surface area contributed by atoms with Gasteiger partial charge in [-0.05, 0) is 87.6 Å². The number of nitrogens with one attached hydrogen (secondary N) is 1. The number of ether oxygens (including phenoxy) is 1. The van der Waals surface area contributed by atoms with Crippen molar-refractivity contribution in [2.75, 3.05) is 11.9 Å². The maximum atomic E-state index is 13.0. The maximum absolute atomic E-state index is 13.0. The van der Waals surface area contributed by atoms with E-state index in [1.807, 2.05) is 0 Å². The SMILES string of the molecule is CCN(C(=O)Nc1ccc(OC(F)(F)F)cc1)C1CCc2cc(SC(C)(C)C(=O)O)c(C(=O)O)cc2C1. The van der Waals surface area contributed by atoms with Crippen molar-refractivity contribution < 1.29 is 42.5 Å². The number of carboxylic acids is 2. The Morgan fingerprint density at radius 2 is 1.76 bits per heavy atom. The highest BCUT2D eigenvalue weighted by molar-refractivity contribution is 8.01. The number of aromatic carboxylic acids is 1. The van der Waals surface area contributed by atoms with Crippen LogP contribution in [0.25, 0.3) is 0 Å². The second kappa shape index (κ2) is 10.9. The molecular formula is C25H27F3N2O6S. The van der Waals surface area contributed by atoms with Gasteiger partial charge in [-0.15, -0.1) is 24.9 Å². The predicted molar refractivity (Wildman–Crippen MR) is 131 cm³/mol. The Kier molecular flexibility index (Phi) is 8.31. The number of benzene rings is 2. The Bertz CT molecular complexity index is 1180. The topological polar surface area (TPSA) is 116 Å². The molecule has 2 aromatic rings. The molecule has 0 heterocycles. The molecule has 3 rings (SSSR count). The van der Waals surface area contributed by atoms with E-state index < -0.39 is 34.8 Å². The highest BCUT2D eigenvalue weighted by Crippen LogP contribution is 2.38. The minimum absolute atomic E-state index is 0.00684. The van der Waals surface area contributed by atoms with Crippen LogP contribution in [-0.4, -0.2) is 56.8 Å². The van der Waals surface area contributed by atoms with Crippen molar-refractivity contribution >= 4 is 35.4 Å². The second-order valence-corrected chi connectivity index (χ2v) is 10.7. The lowest BCUT2D eigenvalue weighted by atomic mass is 9.86. The number of carbonyl (C=O) groups is 3. The second-order valence-electron chi connectivity index (χ2n) is 9.02. The molecular weight excluding hydrogens is 513 g/mol. The molecule has 0 saturated carbocycles. The lowest BCUT2D eigenvalue weighted by molar-refractivity contribution is -0.274. The number of likely N-dealkylation sites (N-methyl/N-ethyl adjacent to an activating group) is 1. The molecule has 0 radical (unpaired) electrons. The van der Waals surface area contributed by atoms with Crippen LogP contribution in [0.1, 0.15) is 48.7 Å². The van der Waals surface area contributed by atoms with Crippen LogP contribution in [0.5, 0.6) is 5.75 Å². The molecule has 1 atom stereocenters. The third-order valence-electron chi connectivity index (χ3n) is 6.00. The number of urea groups is 1. The molecule has 0 saturated heterocycles. The molecule has 1 unspecified atom stereocenters. The van der Waals surface area contributed by atoms with Crippen molar-refractivity contribution in [3.63, 3.8) is 0 Å². The van der Waals surface area contributed by atoms with Crippen LogP contribution in [0, 0.1) is 0 Å². The highest BCUT2D eigenvalue weighted by Gasteiger charge is 2.33. The molecule has 0 bridgehead atoms. The van der Waals surface area contributed by atoms with Gasteiger partial charge in [0.1, 0.15) is 10.5 Å². The summed E-state index contributed by atoms with van der Waals surface area (Å²) in [5.41, 5.74) is 1.98. The predicted octanol–water partition coefficient (Wildman–Crippen LogP) is 5.65. The molecule has 12 heteroatoms. The first-order valence-electron chi connectivity index (χ1n) is 11.4. The van der Waals surface area contributed by atoms with Gasteiger partial charge in [-0.1, -0.05) is 0 Å². The Balaban J connectivity index is 1.76. The lowest BCUT2D eigenvalue weighted by Crippen LogP contribution is -2.45. The van der Waals surface area contributed by atoms with Gasteiger partial charge >= 0.3 is 24.3 Å². The smallest absolute Gasteiger partial charge is 0.480 e. The standard InChI is InChI=1S/C25H27F3N2O6S/c1-4-30(23(35)29-16-6-9-18(10-7-16)36-25(26,27)28)17-8-5-14-13-20(37-24(2,3)22(33)34)19(21(31)32)12-15(14)11-17/h6-7,9-10,12-13,17H,4-5,8,11H2,1-3H3,(H,29,35)(H,31,32)(H,33,34). The van der Waals surface area contributed by atoms with Crippen LogP contribution in [0.2, 0.25) is 0 Å². The summed E-state index contributed by atoms with van der Waals surface area (Å²) < 4.78 is 39.7. The fraction of sp³-hybridized carbons (Fsp3) is 0.400. The van der Waals surface area contributed by atoms with E-state index in [0.29, 0.717) is 36.4 Å². The van der Waals surface area contributed by atoms with Gasteiger partial charge in [0, 0.05) is 23.2 Å². The Labute approximate surface area is 215 Å². The van der Waals surface area contributed by atoms with Gasteiger partial charge in [-0.25, -0.2) is 9.59 Å². The number of carboxylic acid groups (broad SMARTS) is 2. The van der Waals surface area contributed by atoms with Gasteiger partial charge in [0.25, 0.3) is 0 Å². The Morgan fingerprint density at radius 1 is 1.11 bits per heavy atom. The highest BCUT2D eigenvalue weighted by atomic mass is 32.2. The summed E-state index contributed by atoms with van der Waals surface area (Å²) in [6, 6.07) is 7.42. The Hall–Kier alpha value is -3.41. The summed E-state index contributed by atoms with van der Waals surface area (Å²) >= 11 is 0.977. The number of hydrogen-bond acceptors (Lipinski definition) is 5. The third kappa shape index (κ3) is 7.09. The average molecular weight is 541 g/mol. The van der Waals surface area contributed by atoms with Crippen LogP contribution in [0.4, 0.5) is 23.7 Å². The van der Waals surface area contributed by atoms with E-state index in [-0.39, 0.29) is 11.6 Å². The van der Waals surface area contributed by atoms with Gasteiger partial charge in [0.15, 0.2) is 0 Å². The van der Waals surface area contributed by atoms with E-state index in [1.54, 1.807) is 24.0 Å². The lowest BCUT2D eigenvalue weighted by Gasteiger charge is -2.35. The third-order valence-corrected chi connectivity index (χ3v) is 7.24. The minimum atomic E-state index is -4.81. The summed E-state index contributed by atoms with van der Waals surface area (Å²) in [5, 5.41) is 21.9. The fourth-order valence-electron chi connectivity index (χ4n) is 4.11. The van der Waals surface area contributed by atoms with Crippen LogP contribution < -0.4 is 10.1 Å². The summed E-state index contributed by atoms with van der Waals surface area (Å²) in [5.74, 6) is -2.63. The molecule has 37 heavy (non-hydrogen) atoms. The number of fused-ring (bicyclic) bond motifs is 1. The monoisotopic (exact) mass is 540 g/mol. The molecule has 8 nitrogen and oxygen atoms in total. The number of carbonyl (C=O) groups excluding carboxylic acids is 1. The van der Waals surface area contributed by atoms with E-state index in [1.165, 1.54) is 26.0 Å². The number of halogens is 3. The molecule has 0 spiro atoms. The van der Waals surface area contributed by atoms with Crippen molar-refractivity contribution in [1.29, 1.82) is 0 Å². The quantitative estimate of drug-likeness (QED) is 0.371. The largest absolute Gasteiger partial charge is 0.573 e. The maximum Gasteiger partial charge on any atom is 0.573 e. The first-order valence-corrected chi connectivity index (χ1v) is 12.3. The molecule has 0 aliphatic heterocycles. The minimum Gasteiger partial charge on any atom is -0.480 e. The average Bonchev–Trinajstić information content (AvgIpc) is 2.79. The zero-order valence-corrected chi connectivity index (χ0v) is 21.2. The number of rotatable bonds is 8. The molecule has 2 aromatic carbocycles. The molecule has 1 aliphatic rings. The number of aryl methyl sites for hydroxylation is 1. The summed E-state index contributed by atoms with van der Waals surface area (Å²) in [4.78, 5) is 38.4. The number of anilines is 1. The van der Waals surface area contributed by atoms with Gasteiger partial charge in [0.05, 0.1) is 5.56 Å². The van der Waals surface area contributed by atoms with E-state index in [4.69, 9.17) is 0 Å². The molecule has 0 aromatic heterocycles. The molecule has 200 valence electrons. The number of hydrogen-bond donors (Lipinski definition) is 3. The Morgan fingerprint density at radius 3 is 2.30 bits per heavy atom. The summed E-state index contributed by atoms with van der Waals surface area (Å²) in [7, 11) is 0. The fourth-order valence-corrected chi connectivity index (χ4v) is 5.20. The molecule has 1 aliphatic carbocycles. The number of alkyl halides is 3. The van der Waals surface area contributed by atoms with Crippen molar-refractivity contribution in [3.05, 3.63) is 53.1 Å². The molecule has 0 fully saturated rings. The van der Waals surface area contributed by atoms with Crippen molar-refractivity contribution in [2.45, 2.75) is 62.1 Å². The van der Waals surface area contributed by atoms with Gasteiger partial charge < -0.3 is 25.2 Å². The van der Waals surface area contributed by atoms with Crippen molar-refractivity contribution in [3.8, 4) is 5.75 Å². The van der Waals surface area contributed by atoms with Crippen LogP contribution >= 0.6 is 11.8 Å². The number of thioether (sulfide) groups is 1. The van der Waals surface area contributed by atoms with E-state index >= 15 is 0 Å². The van der Waals surface area contributed by atoms with Crippen LogP contribution in [0.15, 0.2) is 41.3 Å². The van der Waals surface area contributed by atoms with Crippen molar-refractivity contribution in [2.24, 2.45) is 0 Å². The zero-order chi connectivity index (χ0) is 27.5.